The number of hydrogen-bond donors (Lipinski definition) is 1. The third-order valence-electron chi connectivity index (χ3n) is 4.36. The summed E-state index contributed by atoms with van der Waals surface area (Å²) in [7, 11) is 0. The summed E-state index contributed by atoms with van der Waals surface area (Å²) in [4.78, 5) is 0. The molecule has 1 fully saturated rings. The lowest BCUT2D eigenvalue weighted by atomic mass is 9.89. The highest BCUT2D eigenvalue weighted by Crippen LogP contribution is 2.30. The van der Waals surface area contributed by atoms with Crippen LogP contribution < -0.4 is 5.32 Å². The third-order valence-corrected chi connectivity index (χ3v) is 4.36. The van der Waals surface area contributed by atoms with Gasteiger partial charge < -0.3 is 5.32 Å². The van der Waals surface area contributed by atoms with Crippen molar-refractivity contribution >= 4 is 5.69 Å². The van der Waals surface area contributed by atoms with Gasteiger partial charge in [-0.3, -0.25) is 0 Å². The summed E-state index contributed by atoms with van der Waals surface area (Å²) in [6.45, 7) is 4.71. The molecule has 1 aliphatic rings. The lowest BCUT2D eigenvalue weighted by Crippen LogP contribution is -2.18. The van der Waals surface area contributed by atoms with Crippen LogP contribution in [0.5, 0.6) is 0 Å². The van der Waals surface area contributed by atoms with E-state index in [1.165, 1.54) is 37.8 Å². The minimum Gasteiger partial charge on any atom is -0.382 e. The summed E-state index contributed by atoms with van der Waals surface area (Å²) < 4.78 is 0. The summed E-state index contributed by atoms with van der Waals surface area (Å²) in [5, 5.41) is 3.66. The van der Waals surface area contributed by atoms with Crippen molar-refractivity contribution in [3.63, 3.8) is 0 Å². The minimum atomic E-state index is 0.608. The molecule has 2 unspecified atom stereocenters. The van der Waals surface area contributed by atoms with E-state index in [0.717, 1.165) is 17.4 Å². The molecule has 0 amide bonds. The molecule has 0 bridgehead atoms. The molecule has 102 valence electrons. The highest BCUT2D eigenvalue weighted by Gasteiger charge is 2.20. The van der Waals surface area contributed by atoms with Crippen LogP contribution in [0.1, 0.15) is 51.5 Å². The fourth-order valence-electron chi connectivity index (χ4n) is 3.08. The second-order valence-corrected chi connectivity index (χ2v) is 6.08. The van der Waals surface area contributed by atoms with Crippen LogP contribution in [-0.4, -0.2) is 6.04 Å². The van der Waals surface area contributed by atoms with Crippen LogP contribution in [0.15, 0.2) is 24.3 Å². The van der Waals surface area contributed by atoms with Crippen molar-refractivity contribution in [2.24, 2.45) is 11.8 Å². The maximum Gasteiger partial charge on any atom is 0.0354 e. The fourth-order valence-corrected chi connectivity index (χ4v) is 3.08. The summed E-state index contributed by atoms with van der Waals surface area (Å²) >= 11 is 0. The van der Waals surface area contributed by atoms with Crippen molar-refractivity contribution in [1.82, 2.24) is 0 Å². The molecule has 0 spiro atoms. The van der Waals surface area contributed by atoms with Crippen molar-refractivity contribution in [3.8, 4) is 12.3 Å². The Morgan fingerprint density at radius 2 is 2.05 bits per heavy atom. The Balaban J connectivity index is 1.94. The molecular weight excluding hydrogens is 230 g/mol. The maximum absolute atomic E-state index is 5.45. The number of hydrogen-bond acceptors (Lipinski definition) is 1. The Morgan fingerprint density at radius 1 is 1.21 bits per heavy atom. The van der Waals surface area contributed by atoms with Gasteiger partial charge in [0.2, 0.25) is 0 Å². The summed E-state index contributed by atoms with van der Waals surface area (Å²) in [5.41, 5.74) is 2.13. The van der Waals surface area contributed by atoms with Crippen molar-refractivity contribution in [3.05, 3.63) is 29.8 Å². The zero-order valence-electron chi connectivity index (χ0n) is 12.2. The Morgan fingerprint density at radius 3 is 2.79 bits per heavy atom. The molecule has 2 atom stereocenters. The van der Waals surface area contributed by atoms with E-state index >= 15 is 0 Å². The van der Waals surface area contributed by atoms with Crippen LogP contribution in [-0.2, 0) is 0 Å². The molecule has 1 nitrogen and oxygen atoms in total. The number of terminal acetylenes is 1. The Bertz CT molecular complexity index is 441. The average Bonchev–Trinajstić information content (AvgIpc) is 2.65. The zero-order chi connectivity index (χ0) is 13.7. The average molecular weight is 255 g/mol. The normalized spacial score (nSPS) is 23.7. The fraction of sp³-hybridized carbons (Fsp3) is 0.556. The van der Waals surface area contributed by atoms with E-state index in [4.69, 9.17) is 6.42 Å². The van der Waals surface area contributed by atoms with Gasteiger partial charge in [0.05, 0.1) is 0 Å². The number of nitrogens with one attached hydrogen (secondary N) is 1. The topological polar surface area (TPSA) is 12.0 Å². The van der Waals surface area contributed by atoms with Crippen LogP contribution in [0, 0.1) is 24.2 Å². The first-order valence-electron chi connectivity index (χ1n) is 7.52. The van der Waals surface area contributed by atoms with E-state index in [2.05, 4.69) is 37.2 Å². The van der Waals surface area contributed by atoms with Crippen molar-refractivity contribution < 1.29 is 0 Å². The van der Waals surface area contributed by atoms with Gasteiger partial charge in [-0.15, -0.1) is 6.42 Å². The second-order valence-electron chi connectivity index (χ2n) is 6.08. The molecule has 1 saturated carbocycles. The van der Waals surface area contributed by atoms with Gasteiger partial charge in [-0.2, -0.15) is 0 Å². The zero-order valence-corrected chi connectivity index (χ0v) is 12.2. The van der Waals surface area contributed by atoms with Crippen LogP contribution in [0.2, 0.25) is 0 Å². The maximum atomic E-state index is 5.45. The second kappa shape index (κ2) is 6.66. The third kappa shape index (κ3) is 4.03. The van der Waals surface area contributed by atoms with Crippen molar-refractivity contribution in [1.29, 1.82) is 0 Å². The highest BCUT2D eigenvalue weighted by atomic mass is 14.9. The molecule has 1 heteroatoms. The van der Waals surface area contributed by atoms with Gasteiger partial charge in [0.15, 0.2) is 0 Å². The van der Waals surface area contributed by atoms with Gasteiger partial charge in [0, 0.05) is 17.3 Å². The van der Waals surface area contributed by atoms with Gasteiger partial charge >= 0.3 is 0 Å². The quantitative estimate of drug-likeness (QED) is 0.610. The van der Waals surface area contributed by atoms with E-state index < -0.39 is 0 Å². The molecule has 1 aromatic carbocycles. The molecule has 1 aliphatic carbocycles. The highest BCUT2D eigenvalue weighted by molar-refractivity contribution is 5.50. The first-order valence-corrected chi connectivity index (χ1v) is 7.52. The van der Waals surface area contributed by atoms with Crippen LogP contribution in [0.4, 0.5) is 5.69 Å². The van der Waals surface area contributed by atoms with Gasteiger partial charge in [0.25, 0.3) is 0 Å². The number of benzene rings is 1. The van der Waals surface area contributed by atoms with Gasteiger partial charge in [-0.25, -0.2) is 0 Å². The van der Waals surface area contributed by atoms with Gasteiger partial charge in [0.1, 0.15) is 0 Å². The van der Waals surface area contributed by atoms with Crippen LogP contribution >= 0.6 is 0 Å². The lowest BCUT2D eigenvalue weighted by Gasteiger charge is -2.20. The number of rotatable bonds is 3. The van der Waals surface area contributed by atoms with E-state index in [1.54, 1.807) is 0 Å². The van der Waals surface area contributed by atoms with Crippen LogP contribution in [0.3, 0.4) is 0 Å². The standard InChI is InChI=1S/C18H25N/c1-4-15-7-5-10-18(13-15)19-17-9-6-8-16(11-12-17)14(2)3/h1,5,7,10,13-14,16-17,19H,6,8-9,11-12H2,2-3H3. The van der Waals surface area contributed by atoms with Gasteiger partial charge in [-0.1, -0.05) is 38.7 Å². The molecule has 0 saturated heterocycles. The SMILES string of the molecule is C#Cc1cccc(NC2CCCC(C(C)C)CC2)c1. The van der Waals surface area contributed by atoms with Crippen LogP contribution in [0.25, 0.3) is 0 Å². The molecule has 2 rings (SSSR count). The summed E-state index contributed by atoms with van der Waals surface area (Å²) in [6, 6.07) is 8.81. The van der Waals surface area contributed by atoms with Crippen molar-refractivity contribution in [2.75, 3.05) is 5.32 Å². The number of anilines is 1. The molecule has 1 aromatic rings. The predicted octanol–water partition coefficient (Wildman–Crippen LogP) is 4.68. The first-order chi connectivity index (χ1) is 9.19. The largest absolute Gasteiger partial charge is 0.382 e. The molecule has 1 N–H and O–H groups in total. The summed E-state index contributed by atoms with van der Waals surface area (Å²) in [6.07, 6.45) is 12.1. The van der Waals surface area contributed by atoms with E-state index in [1.807, 2.05) is 12.1 Å². The molecule has 0 aliphatic heterocycles. The Kier molecular flexibility index (Phi) is 4.91. The molecular formula is C18H25N. The van der Waals surface area contributed by atoms with Crippen molar-refractivity contribution in [2.45, 2.75) is 52.0 Å². The smallest absolute Gasteiger partial charge is 0.0354 e. The molecule has 19 heavy (non-hydrogen) atoms. The Labute approximate surface area is 117 Å². The lowest BCUT2D eigenvalue weighted by molar-refractivity contribution is 0.341. The summed E-state index contributed by atoms with van der Waals surface area (Å²) in [5.74, 6) is 4.43. The monoisotopic (exact) mass is 255 g/mol. The van der Waals surface area contributed by atoms with E-state index in [0.29, 0.717) is 6.04 Å². The van der Waals surface area contributed by atoms with E-state index in [-0.39, 0.29) is 0 Å². The molecule has 0 heterocycles. The Hall–Kier alpha value is -1.42. The van der Waals surface area contributed by atoms with Gasteiger partial charge in [-0.05, 0) is 49.3 Å². The minimum absolute atomic E-state index is 0.608. The predicted molar refractivity (Wildman–Crippen MR) is 83.2 cm³/mol. The molecule has 0 aromatic heterocycles. The first kappa shape index (κ1) is 14.0. The van der Waals surface area contributed by atoms with E-state index in [9.17, 15) is 0 Å². The molecule has 0 radical (unpaired) electrons.